The topological polar surface area (TPSA) is 104 Å². The van der Waals surface area contributed by atoms with Crippen molar-refractivity contribution in [1.29, 1.82) is 0 Å². The number of anilines is 4. The van der Waals surface area contributed by atoms with E-state index in [1.165, 1.54) is 53.4 Å². The molecule has 0 unspecified atom stereocenters. The van der Waals surface area contributed by atoms with Gasteiger partial charge in [0.1, 0.15) is 29.0 Å². The van der Waals surface area contributed by atoms with E-state index in [4.69, 9.17) is 4.74 Å². The van der Waals surface area contributed by atoms with E-state index >= 15 is 0 Å². The van der Waals surface area contributed by atoms with Gasteiger partial charge in [0.05, 0.1) is 22.3 Å². The Morgan fingerprint density at radius 3 is 2.24 bits per heavy atom. The van der Waals surface area contributed by atoms with E-state index in [9.17, 15) is 36.3 Å². The summed E-state index contributed by atoms with van der Waals surface area (Å²) in [5.74, 6) is -6.37. The number of nitrogens with one attached hydrogen (secondary N) is 2. The summed E-state index contributed by atoms with van der Waals surface area (Å²) in [5.41, 5.74) is 1.36. The summed E-state index contributed by atoms with van der Waals surface area (Å²) in [5, 5.41) is 4.93. The average molecular weight is 760 g/mol. The maximum atomic E-state index is 14.7. The summed E-state index contributed by atoms with van der Waals surface area (Å²) in [6.45, 7) is 2.85. The molecule has 1 spiro atoms. The number of halogens is 5. The Bertz CT molecular complexity index is 2300. The number of carbonyl (C=O) groups is 3. The van der Waals surface area contributed by atoms with Crippen molar-refractivity contribution in [3.8, 4) is 10.4 Å². The van der Waals surface area contributed by atoms with Crippen LogP contribution in [-0.4, -0.2) is 55.6 Å². The number of benzene rings is 3. The van der Waals surface area contributed by atoms with Gasteiger partial charge in [-0.3, -0.25) is 14.4 Å². The first-order valence-electron chi connectivity index (χ1n) is 17.1. The van der Waals surface area contributed by atoms with Crippen LogP contribution in [0, 0.1) is 34.5 Å². The first-order chi connectivity index (χ1) is 26.0. The molecule has 9 nitrogen and oxygen atoms in total. The van der Waals surface area contributed by atoms with Crippen molar-refractivity contribution in [1.82, 2.24) is 4.98 Å². The molecule has 2 N–H and O–H groups in total. The average Bonchev–Trinajstić information content (AvgIpc) is 3.50. The minimum atomic E-state index is -1.27. The van der Waals surface area contributed by atoms with Gasteiger partial charge in [0, 0.05) is 72.1 Å². The predicted octanol–water partition coefficient (Wildman–Crippen LogP) is 7.83. The molecule has 54 heavy (non-hydrogen) atoms. The van der Waals surface area contributed by atoms with E-state index in [0.29, 0.717) is 65.9 Å². The summed E-state index contributed by atoms with van der Waals surface area (Å²) >= 11 is 1.00. The van der Waals surface area contributed by atoms with Crippen LogP contribution < -0.4 is 20.4 Å². The van der Waals surface area contributed by atoms with Crippen molar-refractivity contribution in [2.24, 2.45) is 5.41 Å². The summed E-state index contributed by atoms with van der Waals surface area (Å²) in [7, 11) is 0. The Morgan fingerprint density at radius 1 is 0.796 bits per heavy atom. The van der Waals surface area contributed by atoms with Gasteiger partial charge in [-0.15, -0.1) is 11.3 Å². The molecule has 15 heteroatoms. The number of amides is 3. The number of hydrogen-bond acceptors (Lipinski definition) is 7. The van der Waals surface area contributed by atoms with Crippen LogP contribution in [0.15, 0.2) is 72.9 Å². The molecule has 8 rings (SSSR count). The molecule has 3 aromatic carbocycles. The second-order valence-electron chi connectivity index (χ2n) is 13.6. The van der Waals surface area contributed by atoms with Crippen molar-refractivity contribution in [3.63, 3.8) is 0 Å². The second kappa shape index (κ2) is 14.0. The zero-order chi connectivity index (χ0) is 37.7. The van der Waals surface area contributed by atoms with Crippen LogP contribution >= 0.6 is 11.3 Å². The fraction of sp³-hybridized carbons (Fsp3) is 0.231. The molecule has 0 aliphatic carbocycles. The molecule has 0 atom stereocenters. The standard InChI is InChI=1S/C39H30F5N5O4S/c40-23-3-6-27-31(17-23)49(10-7-22-13-32(54-34(22)27)37(51)47-33-29(43)15-24(41)16-30(33)44)38(52)21-1-4-26(5-2-21)46-36(50)28-14-25(42)18-45-35(28)48-19-39(20-48)8-11-53-12-9-39/h1-6,13-18H,7-12,19-20H2,(H,46,50)(H,47,51). The van der Waals surface area contributed by atoms with Gasteiger partial charge in [-0.25, -0.2) is 26.9 Å². The van der Waals surface area contributed by atoms with Crippen molar-refractivity contribution < 1.29 is 41.1 Å². The third-order valence-electron chi connectivity index (χ3n) is 10.00. The van der Waals surface area contributed by atoms with E-state index in [1.54, 1.807) is 0 Å². The van der Waals surface area contributed by atoms with Crippen LogP contribution in [0.25, 0.3) is 10.4 Å². The van der Waals surface area contributed by atoms with Gasteiger partial charge in [-0.05, 0) is 79.4 Å². The Kier molecular flexibility index (Phi) is 9.14. The van der Waals surface area contributed by atoms with E-state index in [-0.39, 0.29) is 40.1 Å². The second-order valence-corrected chi connectivity index (χ2v) is 14.6. The maximum Gasteiger partial charge on any atom is 0.265 e. The smallest absolute Gasteiger partial charge is 0.265 e. The van der Waals surface area contributed by atoms with Crippen molar-refractivity contribution in [2.75, 3.05) is 53.3 Å². The fourth-order valence-electron chi connectivity index (χ4n) is 7.21. The van der Waals surface area contributed by atoms with E-state index in [0.717, 1.165) is 36.4 Å². The number of thiophene rings is 1. The van der Waals surface area contributed by atoms with Gasteiger partial charge < -0.3 is 25.2 Å². The molecule has 3 aliphatic heterocycles. The lowest BCUT2D eigenvalue weighted by molar-refractivity contribution is -0.000516. The largest absolute Gasteiger partial charge is 0.381 e. The molecular weight excluding hydrogens is 730 g/mol. The number of pyridine rings is 1. The molecular formula is C39H30F5N5O4S. The zero-order valence-corrected chi connectivity index (χ0v) is 29.2. The van der Waals surface area contributed by atoms with Gasteiger partial charge in [0.25, 0.3) is 17.7 Å². The Labute approximate surface area is 309 Å². The van der Waals surface area contributed by atoms with Crippen molar-refractivity contribution in [2.45, 2.75) is 19.3 Å². The van der Waals surface area contributed by atoms with Crippen LogP contribution in [0.2, 0.25) is 0 Å². The highest BCUT2D eigenvalue weighted by Crippen LogP contribution is 2.44. The van der Waals surface area contributed by atoms with Crippen molar-refractivity contribution >= 4 is 51.9 Å². The fourth-order valence-corrected chi connectivity index (χ4v) is 8.35. The van der Waals surface area contributed by atoms with E-state index in [2.05, 4.69) is 15.6 Å². The lowest BCUT2D eigenvalue weighted by Crippen LogP contribution is -2.59. The maximum absolute atomic E-state index is 14.7. The van der Waals surface area contributed by atoms with Crippen LogP contribution in [-0.2, 0) is 11.2 Å². The molecule has 3 amide bonds. The third kappa shape index (κ3) is 6.69. The predicted molar refractivity (Wildman–Crippen MR) is 193 cm³/mol. The Hall–Kier alpha value is -5.67. The molecule has 2 saturated heterocycles. The lowest BCUT2D eigenvalue weighted by Gasteiger charge is -2.53. The molecule has 0 bridgehead atoms. The summed E-state index contributed by atoms with van der Waals surface area (Å²) in [6.07, 6.45) is 3.17. The van der Waals surface area contributed by atoms with Gasteiger partial charge in [0.2, 0.25) is 0 Å². The van der Waals surface area contributed by atoms with E-state index < -0.39 is 52.5 Å². The number of nitrogens with zero attached hydrogens (tertiary/aromatic N) is 3. The normalized spacial score (nSPS) is 15.9. The molecule has 276 valence electrons. The van der Waals surface area contributed by atoms with Gasteiger partial charge in [0.15, 0.2) is 11.6 Å². The minimum Gasteiger partial charge on any atom is -0.381 e. The van der Waals surface area contributed by atoms with Gasteiger partial charge in [-0.1, -0.05) is 0 Å². The molecule has 2 aromatic heterocycles. The number of fused-ring (bicyclic) bond motifs is 3. The summed E-state index contributed by atoms with van der Waals surface area (Å²) < 4.78 is 76.3. The third-order valence-corrected chi connectivity index (χ3v) is 11.2. The van der Waals surface area contributed by atoms with Crippen LogP contribution in [0.5, 0.6) is 0 Å². The number of carbonyl (C=O) groups excluding carboxylic acids is 3. The number of hydrogen-bond donors (Lipinski definition) is 2. The van der Waals surface area contributed by atoms with Gasteiger partial charge in [-0.2, -0.15) is 0 Å². The number of ether oxygens (including phenoxy) is 1. The van der Waals surface area contributed by atoms with Crippen LogP contribution in [0.4, 0.5) is 44.8 Å². The molecule has 3 aliphatic rings. The number of aromatic nitrogens is 1. The molecule has 0 saturated carbocycles. The van der Waals surface area contributed by atoms with Crippen molar-refractivity contribution in [3.05, 3.63) is 124 Å². The highest BCUT2D eigenvalue weighted by molar-refractivity contribution is 7.17. The quantitative estimate of drug-likeness (QED) is 0.171. The monoisotopic (exact) mass is 759 g/mol. The summed E-state index contributed by atoms with van der Waals surface area (Å²) in [4.78, 5) is 48.7. The van der Waals surface area contributed by atoms with Crippen LogP contribution in [0.3, 0.4) is 0 Å². The van der Waals surface area contributed by atoms with Gasteiger partial charge >= 0.3 is 0 Å². The molecule has 0 radical (unpaired) electrons. The first-order valence-corrected chi connectivity index (χ1v) is 17.9. The molecule has 5 heterocycles. The Balaban J connectivity index is 0.990. The summed E-state index contributed by atoms with van der Waals surface area (Å²) in [6, 6.07) is 13.6. The highest BCUT2D eigenvalue weighted by atomic mass is 32.1. The highest BCUT2D eigenvalue weighted by Gasteiger charge is 2.45. The SMILES string of the molecule is O=C(Nc1c(F)cc(F)cc1F)c1cc2c(s1)-c1ccc(F)cc1N(C(=O)c1ccc(NC(=O)c3cc(F)cnc3N3CC4(CCOCC4)C3)cc1)CC2. The zero-order valence-electron chi connectivity index (χ0n) is 28.4. The first kappa shape index (κ1) is 35.4. The lowest BCUT2D eigenvalue weighted by atomic mass is 9.73. The molecule has 5 aromatic rings. The number of rotatable bonds is 6. The minimum absolute atomic E-state index is 0.0863. The van der Waals surface area contributed by atoms with E-state index in [1.807, 2.05) is 4.90 Å². The molecule has 2 fully saturated rings. The van der Waals surface area contributed by atoms with Crippen LogP contribution in [0.1, 0.15) is 48.8 Å². The Morgan fingerprint density at radius 2 is 1.52 bits per heavy atom.